The van der Waals surface area contributed by atoms with Crippen molar-refractivity contribution < 1.29 is 28.6 Å². The first-order valence-electron chi connectivity index (χ1n) is 11.1. The number of hydrogen-bond donors (Lipinski definition) is 3. The van der Waals surface area contributed by atoms with E-state index in [1.165, 1.54) is 13.2 Å². The van der Waals surface area contributed by atoms with Gasteiger partial charge in [0.25, 0.3) is 11.8 Å². The molecule has 0 spiro atoms. The highest BCUT2D eigenvalue weighted by atomic mass is 35.5. The molecule has 0 aromatic heterocycles. The molecule has 4 N–H and O–H groups in total. The summed E-state index contributed by atoms with van der Waals surface area (Å²) in [5, 5.41) is 5.78. The molecular formula is C24H29ClN4O6. The molecule has 188 valence electrons. The molecule has 3 aliphatic rings. The topological polar surface area (TPSA) is 132 Å². The predicted molar refractivity (Wildman–Crippen MR) is 130 cm³/mol. The molecule has 0 aliphatic carbocycles. The van der Waals surface area contributed by atoms with Crippen molar-refractivity contribution in [2.24, 2.45) is 5.73 Å². The maximum Gasteiger partial charge on any atom is 0.258 e. The lowest BCUT2D eigenvalue weighted by Crippen LogP contribution is -2.45. The van der Waals surface area contributed by atoms with Gasteiger partial charge in [-0.15, -0.1) is 12.4 Å². The standard InChI is InChI=1S/C24H28N4O6.ClH/c1-32-19-7-4-16-10-20(19)33-14-22(29)26-11-15-2-5-17(6-3-15)34-21-13-28(23(30)8-9-25)12-18(21)27-24(16)31;/h2-7,10,18,21H,8-9,11-14,25H2,1H3,(H,26,29)(H,27,31);1H/t18-,21-;/m0./s1. The molecule has 1 fully saturated rings. The average molecular weight is 505 g/mol. The van der Waals surface area contributed by atoms with Crippen molar-refractivity contribution in [3.05, 3.63) is 53.6 Å². The van der Waals surface area contributed by atoms with E-state index < -0.39 is 12.1 Å². The van der Waals surface area contributed by atoms with Crippen molar-refractivity contribution >= 4 is 30.1 Å². The lowest BCUT2D eigenvalue weighted by Gasteiger charge is -2.21. The largest absolute Gasteiger partial charge is 0.493 e. The number of fused-ring (bicyclic) bond motifs is 7. The Morgan fingerprint density at radius 3 is 2.66 bits per heavy atom. The Hall–Kier alpha value is -3.50. The molecule has 4 bridgehead atoms. The molecule has 1 saturated heterocycles. The first-order chi connectivity index (χ1) is 16.5. The number of ether oxygens (including phenoxy) is 3. The average Bonchev–Trinajstić information content (AvgIpc) is 3.23. The molecule has 2 atom stereocenters. The predicted octanol–water partition coefficient (Wildman–Crippen LogP) is 0.863. The second-order valence-electron chi connectivity index (χ2n) is 8.15. The molecule has 5 rings (SSSR count). The van der Waals surface area contributed by atoms with Crippen LogP contribution in [0.3, 0.4) is 0 Å². The first-order valence-corrected chi connectivity index (χ1v) is 11.1. The Bertz CT molecular complexity index is 1060. The van der Waals surface area contributed by atoms with Crippen LogP contribution >= 0.6 is 12.4 Å². The molecule has 3 aliphatic heterocycles. The summed E-state index contributed by atoms with van der Waals surface area (Å²) in [5.41, 5.74) is 6.77. The second kappa shape index (κ2) is 11.8. The van der Waals surface area contributed by atoms with Crippen LogP contribution in [0.2, 0.25) is 0 Å². The highest BCUT2D eigenvalue weighted by Gasteiger charge is 2.37. The minimum absolute atomic E-state index is 0. The van der Waals surface area contributed by atoms with Gasteiger partial charge in [-0.05, 0) is 35.9 Å². The van der Waals surface area contributed by atoms with Crippen LogP contribution < -0.4 is 30.6 Å². The summed E-state index contributed by atoms with van der Waals surface area (Å²) < 4.78 is 17.1. The Morgan fingerprint density at radius 1 is 1.17 bits per heavy atom. The summed E-state index contributed by atoms with van der Waals surface area (Å²) >= 11 is 0. The van der Waals surface area contributed by atoms with E-state index in [0.29, 0.717) is 36.7 Å². The normalized spacial score (nSPS) is 19.8. The van der Waals surface area contributed by atoms with Gasteiger partial charge in [-0.1, -0.05) is 12.1 Å². The molecule has 3 heterocycles. The molecule has 3 amide bonds. The van der Waals surface area contributed by atoms with Gasteiger partial charge in [0, 0.05) is 31.6 Å². The summed E-state index contributed by atoms with van der Waals surface area (Å²) in [6.07, 6.45) is -0.214. The fourth-order valence-electron chi connectivity index (χ4n) is 3.96. The monoisotopic (exact) mass is 504 g/mol. The Balaban J connectivity index is 0.00000342. The van der Waals surface area contributed by atoms with Gasteiger partial charge in [0.1, 0.15) is 11.9 Å². The Kier molecular flexibility index (Phi) is 8.78. The number of likely N-dealkylation sites (tertiary alicyclic amines) is 1. The van der Waals surface area contributed by atoms with Crippen molar-refractivity contribution in [2.75, 3.05) is 33.4 Å². The summed E-state index contributed by atoms with van der Waals surface area (Å²) in [7, 11) is 1.48. The van der Waals surface area contributed by atoms with Gasteiger partial charge in [-0.2, -0.15) is 0 Å². The van der Waals surface area contributed by atoms with Crippen molar-refractivity contribution in [1.82, 2.24) is 15.5 Å². The highest BCUT2D eigenvalue weighted by molar-refractivity contribution is 5.95. The van der Waals surface area contributed by atoms with Crippen molar-refractivity contribution in [2.45, 2.75) is 25.1 Å². The number of halogens is 1. The van der Waals surface area contributed by atoms with Gasteiger partial charge in [0.05, 0.1) is 19.7 Å². The zero-order valence-electron chi connectivity index (χ0n) is 19.3. The van der Waals surface area contributed by atoms with Crippen LogP contribution in [0, 0.1) is 0 Å². The third-order valence-electron chi connectivity index (χ3n) is 5.78. The number of methoxy groups -OCH3 is 1. The van der Waals surface area contributed by atoms with Crippen molar-refractivity contribution in [3.63, 3.8) is 0 Å². The van der Waals surface area contributed by atoms with E-state index in [1.807, 2.05) is 12.1 Å². The van der Waals surface area contributed by atoms with E-state index in [9.17, 15) is 14.4 Å². The van der Waals surface area contributed by atoms with Gasteiger partial charge < -0.3 is 35.5 Å². The Labute approximate surface area is 209 Å². The molecule has 2 aromatic rings. The maximum atomic E-state index is 13.1. The fraction of sp³-hybridized carbons (Fsp3) is 0.375. The van der Waals surface area contributed by atoms with E-state index in [4.69, 9.17) is 19.9 Å². The lowest BCUT2D eigenvalue weighted by molar-refractivity contribution is -0.130. The number of nitrogens with two attached hydrogens (primary N) is 1. The van der Waals surface area contributed by atoms with Crippen LogP contribution in [0.5, 0.6) is 17.2 Å². The minimum Gasteiger partial charge on any atom is -0.493 e. The van der Waals surface area contributed by atoms with E-state index in [2.05, 4.69) is 10.6 Å². The van der Waals surface area contributed by atoms with Crippen LogP contribution in [0.25, 0.3) is 0 Å². The van der Waals surface area contributed by atoms with Crippen LogP contribution in [-0.2, 0) is 16.1 Å². The zero-order chi connectivity index (χ0) is 24.1. The number of nitrogens with zero attached hydrogens (tertiary/aromatic N) is 1. The highest BCUT2D eigenvalue weighted by Crippen LogP contribution is 2.28. The molecule has 0 saturated carbocycles. The van der Waals surface area contributed by atoms with Crippen molar-refractivity contribution in [3.8, 4) is 17.2 Å². The molecule has 11 heteroatoms. The van der Waals surface area contributed by atoms with E-state index >= 15 is 0 Å². The van der Waals surface area contributed by atoms with E-state index in [1.54, 1.807) is 29.2 Å². The maximum absolute atomic E-state index is 13.1. The quantitative estimate of drug-likeness (QED) is 0.564. The molecule has 0 radical (unpaired) electrons. The molecular weight excluding hydrogens is 476 g/mol. The SMILES string of the molecule is COc1ccc2cc1OCC(=O)NCc1ccc(cc1)O[C@H]1CN(C(=O)CCN)C[C@@H]1NC2=O.Cl. The minimum atomic E-state index is -0.444. The van der Waals surface area contributed by atoms with Crippen LogP contribution in [-0.4, -0.2) is 68.1 Å². The number of carbonyl (C=O) groups excluding carboxylic acids is 3. The smallest absolute Gasteiger partial charge is 0.258 e. The van der Waals surface area contributed by atoms with Gasteiger partial charge >= 0.3 is 0 Å². The van der Waals surface area contributed by atoms with Crippen LogP contribution in [0.4, 0.5) is 0 Å². The van der Waals surface area contributed by atoms with Gasteiger partial charge in [0.2, 0.25) is 5.91 Å². The van der Waals surface area contributed by atoms with Crippen LogP contribution in [0.15, 0.2) is 42.5 Å². The molecule has 10 nitrogen and oxygen atoms in total. The molecule has 35 heavy (non-hydrogen) atoms. The summed E-state index contributed by atoms with van der Waals surface area (Å²) in [5.74, 6) is 0.533. The van der Waals surface area contributed by atoms with Gasteiger partial charge in [-0.3, -0.25) is 14.4 Å². The van der Waals surface area contributed by atoms with Gasteiger partial charge in [-0.25, -0.2) is 0 Å². The third-order valence-corrected chi connectivity index (χ3v) is 5.78. The van der Waals surface area contributed by atoms with Crippen molar-refractivity contribution in [1.29, 1.82) is 0 Å². The summed E-state index contributed by atoms with van der Waals surface area (Å²) in [6, 6.07) is 11.6. The fourth-order valence-corrected chi connectivity index (χ4v) is 3.96. The second-order valence-corrected chi connectivity index (χ2v) is 8.15. The Morgan fingerprint density at radius 2 is 1.94 bits per heavy atom. The lowest BCUT2D eigenvalue weighted by atomic mass is 10.1. The number of amides is 3. The number of hydrogen-bond acceptors (Lipinski definition) is 7. The number of benzene rings is 2. The first kappa shape index (κ1) is 26.1. The summed E-state index contributed by atoms with van der Waals surface area (Å²) in [4.78, 5) is 39.5. The third kappa shape index (κ3) is 6.34. The van der Waals surface area contributed by atoms with Gasteiger partial charge in [0.15, 0.2) is 18.1 Å². The molecule has 0 unspecified atom stereocenters. The number of rotatable bonds is 3. The van der Waals surface area contributed by atoms with E-state index in [0.717, 1.165) is 5.56 Å². The zero-order valence-corrected chi connectivity index (χ0v) is 20.1. The van der Waals surface area contributed by atoms with Crippen LogP contribution in [0.1, 0.15) is 22.3 Å². The summed E-state index contributed by atoms with van der Waals surface area (Å²) in [6.45, 7) is 0.993. The van der Waals surface area contributed by atoms with E-state index in [-0.39, 0.29) is 55.5 Å². The number of carbonyl (C=O) groups is 3. The number of nitrogens with one attached hydrogen (secondary N) is 2. The molecule has 2 aromatic carbocycles.